The van der Waals surface area contributed by atoms with Crippen molar-refractivity contribution < 1.29 is 0 Å². The molecule has 0 saturated heterocycles. The first kappa shape index (κ1) is 14.0. The summed E-state index contributed by atoms with van der Waals surface area (Å²) in [6, 6.07) is 6.05. The molecular weight excluding hydrogens is 284 g/mol. The number of fused-ring (bicyclic) bond motifs is 1. The maximum absolute atomic E-state index is 5.92. The molecule has 3 aromatic rings. The van der Waals surface area contributed by atoms with Gasteiger partial charge in [-0.05, 0) is 43.2 Å². The fourth-order valence-electron chi connectivity index (χ4n) is 2.43. The van der Waals surface area contributed by atoms with Crippen LogP contribution in [0.3, 0.4) is 0 Å². The Morgan fingerprint density at radius 1 is 1.14 bits per heavy atom. The van der Waals surface area contributed by atoms with Crippen LogP contribution in [0, 0.1) is 13.8 Å². The van der Waals surface area contributed by atoms with Gasteiger partial charge in [-0.15, -0.1) is 11.6 Å². The summed E-state index contributed by atoms with van der Waals surface area (Å²) in [7, 11) is 0. The van der Waals surface area contributed by atoms with Crippen molar-refractivity contribution in [3.63, 3.8) is 0 Å². The average Bonchev–Trinajstić information content (AvgIpc) is 2.79. The standard InChI is InChI=1S/C16H17ClN4/c1-11-9-18-8-6-13(11)10-21-15(5-7-17)20-14-4-3-12(2)19-16(14)21/h3-4,6,8-9H,5,7,10H2,1-2H3. The van der Waals surface area contributed by atoms with Gasteiger partial charge in [0.15, 0.2) is 5.65 Å². The lowest BCUT2D eigenvalue weighted by Crippen LogP contribution is -2.08. The Balaban J connectivity index is 2.12. The van der Waals surface area contributed by atoms with Crippen LogP contribution in [0.2, 0.25) is 0 Å². The number of imidazole rings is 1. The summed E-state index contributed by atoms with van der Waals surface area (Å²) in [4.78, 5) is 13.5. The molecule has 3 aromatic heterocycles. The lowest BCUT2D eigenvalue weighted by Gasteiger charge is -2.10. The number of hydrogen-bond donors (Lipinski definition) is 0. The third kappa shape index (κ3) is 2.76. The zero-order chi connectivity index (χ0) is 14.8. The third-order valence-corrected chi connectivity index (χ3v) is 3.78. The lowest BCUT2D eigenvalue weighted by molar-refractivity contribution is 0.742. The molecule has 0 aromatic carbocycles. The van der Waals surface area contributed by atoms with Gasteiger partial charge in [0.2, 0.25) is 0 Å². The zero-order valence-electron chi connectivity index (χ0n) is 12.2. The smallest absolute Gasteiger partial charge is 0.160 e. The van der Waals surface area contributed by atoms with E-state index in [1.54, 1.807) is 0 Å². The topological polar surface area (TPSA) is 43.6 Å². The van der Waals surface area contributed by atoms with Crippen LogP contribution in [0.1, 0.15) is 22.6 Å². The Kier molecular flexibility index (Phi) is 3.88. The maximum atomic E-state index is 5.92. The quantitative estimate of drug-likeness (QED) is 0.695. The predicted octanol–water partition coefficient (Wildman–Crippen LogP) is 3.27. The predicted molar refractivity (Wildman–Crippen MR) is 84.8 cm³/mol. The Morgan fingerprint density at radius 3 is 2.76 bits per heavy atom. The van der Waals surface area contributed by atoms with Crippen LogP contribution >= 0.6 is 11.6 Å². The first-order valence-electron chi connectivity index (χ1n) is 6.97. The number of rotatable bonds is 4. The van der Waals surface area contributed by atoms with Gasteiger partial charge < -0.3 is 4.57 Å². The van der Waals surface area contributed by atoms with E-state index in [0.717, 1.165) is 35.6 Å². The highest BCUT2D eigenvalue weighted by molar-refractivity contribution is 6.17. The van der Waals surface area contributed by atoms with Crippen molar-refractivity contribution in [1.29, 1.82) is 0 Å². The molecule has 0 unspecified atom stereocenters. The van der Waals surface area contributed by atoms with E-state index in [1.807, 2.05) is 37.5 Å². The van der Waals surface area contributed by atoms with Crippen molar-refractivity contribution in [2.75, 3.05) is 5.88 Å². The SMILES string of the molecule is Cc1ccc2nc(CCCl)n(Cc3ccncc3C)c2n1. The fourth-order valence-corrected chi connectivity index (χ4v) is 2.60. The van der Waals surface area contributed by atoms with Crippen LogP contribution in [0.15, 0.2) is 30.6 Å². The summed E-state index contributed by atoms with van der Waals surface area (Å²) in [5.41, 5.74) is 5.23. The van der Waals surface area contributed by atoms with E-state index in [0.29, 0.717) is 5.88 Å². The van der Waals surface area contributed by atoms with Crippen molar-refractivity contribution in [3.8, 4) is 0 Å². The van der Waals surface area contributed by atoms with Crippen LogP contribution in [-0.4, -0.2) is 25.4 Å². The van der Waals surface area contributed by atoms with Gasteiger partial charge in [-0.2, -0.15) is 0 Å². The van der Waals surface area contributed by atoms with Gasteiger partial charge in [-0.1, -0.05) is 0 Å². The van der Waals surface area contributed by atoms with Gasteiger partial charge in [0.05, 0.1) is 6.54 Å². The minimum atomic E-state index is 0.553. The molecule has 0 radical (unpaired) electrons. The molecule has 0 aliphatic carbocycles. The molecule has 108 valence electrons. The minimum Gasteiger partial charge on any atom is -0.308 e. The van der Waals surface area contributed by atoms with Gasteiger partial charge in [0.1, 0.15) is 11.3 Å². The molecule has 0 aliphatic heterocycles. The fraction of sp³-hybridized carbons (Fsp3) is 0.312. The van der Waals surface area contributed by atoms with Crippen LogP contribution in [-0.2, 0) is 13.0 Å². The van der Waals surface area contributed by atoms with E-state index in [1.165, 1.54) is 11.1 Å². The highest BCUT2D eigenvalue weighted by Crippen LogP contribution is 2.18. The number of alkyl halides is 1. The monoisotopic (exact) mass is 300 g/mol. The summed E-state index contributed by atoms with van der Waals surface area (Å²) in [6.45, 7) is 4.81. The number of halogens is 1. The van der Waals surface area contributed by atoms with Gasteiger partial charge in [-0.25, -0.2) is 9.97 Å². The normalized spacial score (nSPS) is 11.2. The van der Waals surface area contributed by atoms with E-state index < -0.39 is 0 Å². The van der Waals surface area contributed by atoms with Crippen LogP contribution < -0.4 is 0 Å². The molecule has 0 aliphatic rings. The molecule has 0 saturated carbocycles. The van der Waals surface area contributed by atoms with Crippen molar-refractivity contribution in [2.24, 2.45) is 0 Å². The summed E-state index contributed by atoms with van der Waals surface area (Å²) in [6.07, 6.45) is 4.44. The second-order valence-electron chi connectivity index (χ2n) is 5.15. The number of nitrogens with zero attached hydrogens (tertiary/aromatic N) is 4. The van der Waals surface area contributed by atoms with E-state index in [-0.39, 0.29) is 0 Å². The van der Waals surface area contributed by atoms with E-state index in [2.05, 4.69) is 26.4 Å². The Hall–Kier alpha value is -1.94. The van der Waals surface area contributed by atoms with Gasteiger partial charge in [0, 0.05) is 30.4 Å². The highest BCUT2D eigenvalue weighted by atomic mass is 35.5. The minimum absolute atomic E-state index is 0.553. The van der Waals surface area contributed by atoms with E-state index in [4.69, 9.17) is 11.6 Å². The van der Waals surface area contributed by atoms with Crippen LogP contribution in [0.25, 0.3) is 11.2 Å². The second kappa shape index (κ2) is 5.82. The molecule has 0 atom stereocenters. The molecule has 3 rings (SSSR count). The Morgan fingerprint density at radius 2 is 2.00 bits per heavy atom. The number of pyridine rings is 2. The Labute approximate surface area is 128 Å². The summed E-state index contributed by atoms with van der Waals surface area (Å²) in [5, 5.41) is 0. The highest BCUT2D eigenvalue weighted by Gasteiger charge is 2.13. The van der Waals surface area contributed by atoms with Gasteiger partial charge >= 0.3 is 0 Å². The summed E-state index contributed by atoms with van der Waals surface area (Å²) < 4.78 is 2.16. The number of aromatic nitrogens is 4. The largest absolute Gasteiger partial charge is 0.308 e. The number of hydrogen-bond acceptors (Lipinski definition) is 3. The molecule has 21 heavy (non-hydrogen) atoms. The van der Waals surface area contributed by atoms with E-state index >= 15 is 0 Å². The molecule has 3 heterocycles. The van der Waals surface area contributed by atoms with Crippen molar-refractivity contribution in [3.05, 3.63) is 53.2 Å². The first-order chi connectivity index (χ1) is 10.2. The molecule has 0 N–H and O–H groups in total. The summed E-state index contributed by atoms with van der Waals surface area (Å²) >= 11 is 5.92. The molecule has 0 amide bonds. The lowest BCUT2D eigenvalue weighted by atomic mass is 10.1. The molecule has 0 spiro atoms. The van der Waals surface area contributed by atoms with Crippen molar-refractivity contribution >= 4 is 22.8 Å². The van der Waals surface area contributed by atoms with Crippen molar-refractivity contribution in [1.82, 2.24) is 19.5 Å². The number of aryl methyl sites for hydroxylation is 3. The summed E-state index contributed by atoms with van der Waals surface area (Å²) in [5.74, 6) is 1.53. The van der Waals surface area contributed by atoms with Gasteiger partial charge in [0.25, 0.3) is 0 Å². The second-order valence-corrected chi connectivity index (χ2v) is 5.53. The molecule has 5 heteroatoms. The zero-order valence-corrected chi connectivity index (χ0v) is 12.9. The van der Waals surface area contributed by atoms with E-state index in [9.17, 15) is 0 Å². The molecule has 0 bridgehead atoms. The maximum Gasteiger partial charge on any atom is 0.160 e. The first-order valence-corrected chi connectivity index (χ1v) is 7.50. The molecular formula is C16H17ClN4. The molecule has 0 fully saturated rings. The Bertz CT molecular complexity index is 779. The van der Waals surface area contributed by atoms with Crippen molar-refractivity contribution in [2.45, 2.75) is 26.8 Å². The van der Waals surface area contributed by atoms with Crippen LogP contribution in [0.4, 0.5) is 0 Å². The van der Waals surface area contributed by atoms with Gasteiger partial charge in [-0.3, -0.25) is 4.98 Å². The third-order valence-electron chi connectivity index (χ3n) is 3.59. The molecule has 4 nitrogen and oxygen atoms in total. The average molecular weight is 301 g/mol. The van der Waals surface area contributed by atoms with Crippen LogP contribution in [0.5, 0.6) is 0 Å².